The molecule has 1 saturated carbocycles. The fourth-order valence-corrected chi connectivity index (χ4v) is 4.26. The van der Waals surface area contributed by atoms with Crippen LogP contribution in [0.25, 0.3) is 0 Å². The average Bonchev–Trinajstić information content (AvgIpc) is 3.02. The van der Waals surface area contributed by atoms with Gasteiger partial charge in [-0.1, -0.05) is 82.2 Å². The van der Waals surface area contributed by atoms with Crippen LogP contribution in [0.3, 0.4) is 0 Å². The highest BCUT2D eigenvalue weighted by Gasteiger charge is 2.41. The second kappa shape index (κ2) is 8.58. The Morgan fingerprint density at radius 3 is 2.29 bits per heavy atom. The predicted molar refractivity (Wildman–Crippen MR) is 92.8 cm³/mol. The summed E-state index contributed by atoms with van der Waals surface area (Å²) in [6.07, 6.45) is 13.7. The first kappa shape index (κ1) is 16.5. The third kappa shape index (κ3) is 4.10. The summed E-state index contributed by atoms with van der Waals surface area (Å²) in [6.45, 7) is 2.29. The molecule has 1 unspecified atom stereocenters. The third-order valence-corrected chi connectivity index (χ3v) is 5.46. The largest absolute Gasteiger partial charge is 0.316 e. The van der Waals surface area contributed by atoms with E-state index in [1.54, 1.807) is 5.56 Å². The summed E-state index contributed by atoms with van der Waals surface area (Å²) in [5.41, 5.74) is 1.95. The lowest BCUT2D eigenvalue weighted by molar-refractivity contribution is 0.287. The molecule has 0 bridgehead atoms. The van der Waals surface area contributed by atoms with Crippen LogP contribution in [0.5, 0.6) is 0 Å². The van der Waals surface area contributed by atoms with Gasteiger partial charge in [0.15, 0.2) is 0 Å². The fourth-order valence-electron chi connectivity index (χ4n) is 4.26. The molecule has 118 valence electrons. The van der Waals surface area contributed by atoms with Crippen molar-refractivity contribution in [1.82, 2.24) is 5.32 Å². The quantitative estimate of drug-likeness (QED) is 0.596. The molecular weight excluding hydrogens is 254 g/mol. The summed E-state index contributed by atoms with van der Waals surface area (Å²) in [5.74, 6) is 0. The molecule has 1 aliphatic rings. The van der Waals surface area contributed by atoms with Gasteiger partial charge in [-0.25, -0.2) is 0 Å². The maximum atomic E-state index is 3.67. The molecule has 1 fully saturated rings. The first-order valence-corrected chi connectivity index (χ1v) is 9.06. The van der Waals surface area contributed by atoms with E-state index in [9.17, 15) is 0 Å². The van der Waals surface area contributed by atoms with Gasteiger partial charge in [-0.3, -0.25) is 0 Å². The van der Waals surface area contributed by atoms with E-state index in [2.05, 4.69) is 49.6 Å². The number of hydrogen-bond acceptors (Lipinski definition) is 1. The van der Waals surface area contributed by atoms with Crippen LogP contribution in [0.15, 0.2) is 30.3 Å². The SMILES string of the molecule is CCCCCCCC(NC)C1(c2ccccc2)CCCC1. The standard InChI is InChI=1S/C20H33N/c1-3-4-5-6-10-15-19(21-2)20(16-11-12-17-20)18-13-8-7-9-14-18/h7-9,13-14,19,21H,3-6,10-12,15-17H2,1-2H3. The maximum Gasteiger partial charge on any atom is 0.0161 e. The normalized spacial score (nSPS) is 18.8. The number of nitrogens with one attached hydrogen (secondary N) is 1. The van der Waals surface area contributed by atoms with Crippen molar-refractivity contribution in [2.75, 3.05) is 7.05 Å². The molecule has 1 aromatic carbocycles. The molecule has 1 nitrogen and oxygen atoms in total. The highest BCUT2D eigenvalue weighted by Crippen LogP contribution is 2.45. The van der Waals surface area contributed by atoms with E-state index in [-0.39, 0.29) is 0 Å². The lowest BCUT2D eigenvalue weighted by Crippen LogP contribution is -2.45. The Morgan fingerprint density at radius 1 is 1.00 bits per heavy atom. The van der Waals surface area contributed by atoms with Crippen molar-refractivity contribution in [3.63, 3.8) is 0 Å². The molecule has 2 rings (SSSR count). The monoisotopic (exact) mass is 287 g/mol. The summed E-state index contributed by atoms with van der Waals surface area (Å²) in [6, 6.07) is 11.9. The van der Waals surface area contributed by atoms with E-state index in [1.807, 2.05) is 0 Å². The summed E-state index contributed by atoms with van der Waals surface area (Å²) >= 11 is 0. The number of rotatable bonds is 9. The minimum Gasteiger partial charge on any atom is -0.316 e. The Labute approximate surface area is 131 Å². The van der Waals surface area contributed by atoms with Crippen molar-refractivity contribution >= 4 is 0 Å². The summed E-state index contributed by atoms with van der Waals surface area (Å²) in [7, 11) is 2.17. The fraction of sp³-hybridized carbons (Fsp3) is 0.700. The first-order valence-electron chi connectivity index (χ1n) is 9.06. The van der Waals surface area contributed by atoms with Crippen molar-refractivity contribution in [3.05, 3.63) is 35.9 Å². The van der Waals surface area contributed by atoms with Crippen LogP contribution in [0.2, 0.25) is 0 Å². The van der Waals surface area contributed by atoms with Gasteiger partial charge in [0.05, 0.1) is 0 Å². The van der Waals surface area contributed by atoms with E-state index in [1.165, 1.54) is 64.2 Å². The lowest BCUT2D eigenvalue weighted by Gasteiger charge is -2.38. The van der Waals surface area contributed by atoms with Crippen LogP contribution < -0.4 is 5.32 Å². The van der Waals surface area contributed by atoms with E-state index in [0.717, 1.165) is 0 Å². The highest BCUT2D eigenvalue weighted by molar-refractivity contribution is 5.29. The number of hydrogen-bond donors (Lipinski definition) is 1. The minimum atomic E-state index is 0.390. The summed E-state index contributed by atoms with van der Waals surface area (Å²) < 4.78 is 0. The Balaban J connectivity index is 2.01. The molecule has 0 radical (unpaired) electrons. The molecule has 0 amide bonds. The molecule has 1 N–H and O–H groups in total. The van der Waals surface area contributed by atoms with Crippen LogP contribution in [-0.4, -0.2) is 13.1 Å². The number of unbranched alkanes of at least 4 members (excludes halogenated alkanes) is 4. The summed E-state index contributed by atoms with van der Waals surface area (Å²) in [5, 5.41) is 3.67. The van der Waals surface area contributed by atoms with Crippen LogP contribution in [0.4, 0.5) is 0 Å². The molecule has 0 heterocycles. The number of likely N-dealkylation sites (N-methyl/N-ethyl adjacent to an activating group) is 1. The van der Waals surface area contributed by atoms with Gasteiger partial charge < -0.3 is 5.32 Å². The second-order valence-corrected chi connectivity index (χ2v) is 6.77. The minimum absolute atomic E-state index is 0.390. The van der Waals surface area contributed by atoms with E-state index >= 15 is 0 Å². The van der Waals surface area contributed by atoms with Gasteiger partial charge in [0.2, 0.25) is 0 Å². The van der Waals surface area contributed by atoms with Crippen molar-refractivity contribution in [1.29, 1.82) is 0 Å². The Morgan fingerprint density at radius 2 is 1.67 bits per heavy atom. The molecule has 0 saturated heterocycles. The molecule has 0 aromatic heterocycles. The average molecular weight is 287 g/mol. The Bertz CT molecular complexity index is 378. The smallest absolute Gasteiger partial charge is 0.0161 e. The van der Waals surface area contributed by atoms with Crippen molar-refractivity contribution < 1.29 is 0 Å². The molecule has 1 aromatic rings. The van der Waals surface area contributed by atoms with E-state index in [4.69, 9.17) is 0 Å². The van der Waals surface area contributed by atoms with Gasteiger partial charge in [-0.05, 0) is 31.9 Å². The topological polar surface area (TPSA) is 12.0 Å². The van der Waals surface area contributed by atoms with Gasteiger partial charge in [0, 0.05) is 11.5 Å². The molecular formula is C20H33N. The molecule has 0 spiro atoms. The van der Waals surface area contributed by atoms with Gasteiger partial charge in [0.1, 0.15) is 0 Å². The van der Waals surface area contributed by atoms with Crippen LogP contribution >= 0.6 is 0 Å². The molecule has 1 atom stereocenters. The lowest BCUT2D eigenvalue weighted by atomic mass is 9.71. The second-order valence-electron chi connectivity index (χ2n) is 6.77. The highest BCUT2D eigenvalue weighted by atomic mass is 14.9. The van der Waals surface area contributed by atoms with Crippen molar-refractivity contribution in [2.24, 2.45) is 0 Å². The van der Waals surface area contributed by atoms with Crippen LogP contribution in [-0.2, 0) is 5.41 Å². The maximum absolute atomic E-state index is 3.67. The Kier molecular flexibility index (Phi) is 6.76. The first-order chi connectivity index (χ1) is 10.3. The van der Waals surface area contributed by atoms with Crippen molar-refractivity contribution in [2.45, 2.75) is 82.6 Å². The van der Waals surface area contributed by atoms with Gasteiger partial charge in [-0.15, -0.1) is 0 Å². The summed E-state index contributed by atoms with van der Waals surface area (Å²) in [4.78, 5) is 0. The molecule has 1 heteroatoms. The third-order valence-electron chi connectivity index (χ3n) is 5.46. The Hall–Kier alpha value is -0.820. The molecule has 0 aliphatic heterocycles. The van der Waals surface area contributed by atoms with Gasteiger partial charge >= 0.3 is 0 Å². The van der Waals surface area contributed by atoms with Crippen LogP contribution in [0, 0.1) is 0 Å². The van der Waals surface area contributed by atoms with E-state index < -0.39 is 0 Å². The van der Waals surface area contributed by atoms with Gasteiger partial charge in [-0.2, -0.15) is 0 Å². The van der Waals surface area contributed by atoms with Gasteiger partial charge in [0.25, 0.3) is 0 Å². The number of benzene rings is 1. The zero-order valence-corrected chi connectivity index (χ0v) is 14.0. The molecule has 21 heavy (non-hydrogen) atoms. The van der Waals surface area contributed by atoms with E-state index in [0.29, 0.717) is 11.5 Å². The van der Waals surface area contributed by atoms with Crippen LogP contribution in [0.1, 0.15) is 76.7 Å². The van der Waals surface area contributed by atoms with Crippen molar-refractivity contribution in [3.8, 4) is 0 Å². The molecule has 1 aliphatic carbocycles. The zero-order valence-electron chi connectivity index (χ0n) is 14.0. The zero-order chi connectivity index (χ0) is 15.0. The predicted octanol–water partition coefficient (Wildman–Crippen LogP) is 5.45.